The second-order valence-electron chi connectivity index (χ2n) is 3.86. The zero-order valence-corrected chi connectivity index (χ0v) is 10.2. The fourth-order valence-corrected chi connectivity index (χ4v) is 1.56. The SMILES string of the molecule is CCCN(CC(NCC)C(N)=O)CC(F)(F)F. The molecule has 0 saturated heterocycles. The lowest BCUT2D eigenvalue weighted by Gasteiger charge is -2.26. The molecule has 1 amide bonds. The van der Waals surface area contributed by atoms with Crippen LogP contribution < -0.4 is 11.1 Å². The van der Waals surface area contributed by atoms with E-state index in [0.717, 1.165) is 0 Å². The fourth-order valence-electron chi connectivity index (χ4n) is 1.56. The topological polar surface area (TPSA) is 58.4 Å². The normalized spacial score (nSPS) is 14.0. The summed E-state index contributed by atoms with van der Waals surface area (Å²) in [5.41, 5.74) is 5.12. The molecule has 0 aliphatic heterocycles. The van der Waals surface area contributed by atoms with Crippen molar-refractivity contribution in [2.75, 3.05) is 26.2 Å². The van der Waals surface area contributed by atoms with Gasteiger partial charge in [-0.15, -0.1) is 0 Å². The Labute approximate surface area is 99.3 Å². The number of halogens is 3. The Morgan fingerprint density at radius 1 is 1.41 bits per heavy atom. The molecular formula is C10H20F3N3O. The lowest BCUT2D eigenvalue weighted by molar-refractivity contribution is -0.148. The minimum atomic E-state index is -4.26. The summed E-state index contributed by atoms with van der Waals surface area (Å²) in [6, 6.07) is -0.742. The average Bonchev–Trinajstić information content (AvgIpc) is 2.14. The smallest absolute Gasteiger partial charge is 0.368 e. The van der Waals surface area contributed by atoms with Crippen LogP contribution in [0.4, 0.5) is 13.2 Å². The van der Waals surface area contributed by atoms with Crippen molar-refractivity contribution in [1.29, 1.82) is 0 Å². The van der Waals surface area contributed by atoms with Gasteiger partial charge in [0, 0.05) is 6.54 Å². The van der Waals surface area contributed by atoms with Gasteiger partial charge in [-0.2, -0.15) is 13.2 Å². The highest BCUT2D eigenvalue weighted by molar-refractivity contribution is 5.80. The van der Waals surface area contributed by atoms with Crippen LogP contribution in [0.15, 0.2) is 0 Å². The van der Waals surface area contributed by atoms with Crippen molar-refractivity contribution in [1.82, 2.24) is 10.2 Å². The number of alkyl halides is 3. The molecule has 0 aliphatic rings. The van der Waals surface area contributed by atoms with E-state index in [-0.39, 0.29) is 13.1 Å². The number of primary amides is 1. The molecule has 0 spiro atoms. The number of nitrogens with two attached hydrogens (primary N) is 1. The van der Waals surface area contributed by atoms with Gasteiger partial charge in [-0.25, -0.2) is 0 Å². The first-order valence-corrected chi connectivity index (χ1v) is 5.62. The number of likely N-dealkylation sites (N-methyl/N-ethyl adjacent to an activating group) is 1. The van der Waals surface area contributed by atoms with E-state index < -0.39 is 24.7 Å². The standard InChI is InChI=1S/C10H20F3N3O/c1-3-5-16(7-10(11,12)13)6-8(9(14)17)15-4-2/h8,15H,3-7H2,1-2H3,(H2,14,17). The van der Waals surface area contributed by atoms with Crippen molar-refractivity contribution in [3.05, 3.63) is 0 Å². The molecule has 0 aromatic carbocycles. The molecule has 0 saturated carbocycles. The van der Waals surface area contributed by atoms with Crippen LogP contribution in [0, 0.1) is 0 Å². The molecule has 102 valence electrons. The zero-order chi connectivity index (χ0) is 13.5. The third-order valence-electron chi connectivity index (χ3n) is 2.18. The monoisotopic (exact) mass is 255 g/mol. The van der Waals surface area contributed by atoms with E-state index in [1.807, 2.05) is 0 Å². The van der Waals surface area contributed by atoms with Gasteiger partial charge in [-0.3, -0.25) is 9.69 Å². The Hall–Kier alpha value is -0.820. The van der Waals surface area contributed by atoms with Crippen LogP contribution >= 0.6 is 0 Å². The summed E-state index contributed by atoms with van der Waals surface area (Å²) in [6.07, 6.45) is -3.67. The number of carbonyl (C=O) groups is 1. The van der Waals surface area contributed by atoms with Gasteiger partial charge in [0.15, 0.2) is 0 Å². The summed E-state index contributed by atoms with van der Waals surface area (Å²) >= 11 is 0. The van der Waals surface area contributed by atoms with Crippen molar-refractivity contribution < 1.29 is 18.0 Å². The lowest BCUT2D eigenvalue weighted by Crippen LogP contribution is -2.50. The van der Waals surface area contributed by atoms with Crippen molar-refractivity contribution in [2.24, 2.45) is 5.73 Å². The molecule has 17 heavy (non-hydrogen) atoms. The van der Waals surface area contributed by atoms with Crippen molar-refractivity contribution in [3.8, 4) is 0 Å². The summed E-state index contributed by atoms with van der Waals surface area (Å²) in [5.74, 6) is -0.630. The molecule has 0 rings (SSSR count). The van der Waals surface area contributed by atoms with E-state index in [2.05, 4.69) is 5.32 Å². The first-order chi connectivity index (χ1) is 7.80. The molecule has 0 aromatic heterocycles. The predicted molar refractivity (Wildman–Crippen MR) is 59.4 cm³/mol. The van der Waals surface area contributed by atoms with Gasteiger partial charge >= 0.3 is 6.18 Å². The van der Waals surface area contributed by atoms with E-state index >= 15 is 0 Å². The maximum absolute atomic E-state index is 12.3. The highest BCUT2D eigenvalue weighted by Crippen LogP contribution is 2.16. The summed E-state index contributed by atoms with van der Waals surface area (Å²) in [7, 11) is 0. The fraction of sp³-hybridized carbons (Fsp3) is 0.900. The van der Waals surface area contributed by atoms with Gasteiger partial charge in [0.25, 0.3) is 0 Å². The first-order valence-electron chi connectivity index (χ1n) is 5.62. The van der Waals surface area contributed by atoms with Crippen molar-refractivity contribution in [2.45, 2.75) is 32.5 Å². The molecule has 7 heteroatoms. The molecule has 1 unspecified atom stereocenters. The highest BCUT2D eigenvalue weighted by atomic mass is 19.4. The third kappa shape index (κ3) is 7.98. The molecule has 0 aromatic rings. The quantitative estimate of drug-likeness (QED) is 0.672. The molecule has 0 aliphatic carbocycles. The minimum absolute atomic E-state index is 0.0173. The third-order valence-corrected chi connectivity index (χ3v) is 2.18. The van der Waals surface area contributed by atoms with Crippen LogP contribution in [-0.4, -0.2) is 49.2 Å². The zero-order valence-electron chi connectivity index (χ0n) is 10.2. The Kier molecular flexibility index (Phi) is 7.13. The Morgan fingerprint density at radius 3 is 2.35 bits per heavy atom. The number of nitrogens with one attached hydrogen (secondary N) is 1. The Balaban J connectivity index is 4.43. The summed E-state index contributed by atoms with van der Waals surface area (Å²) in [6.45, 7) is 3.29. The van der Waals surface area contributed by atoms with Crippen LogP contribution in [-0.2, 0) is 4.79 Å². The largest absolute Gasteiger partial charge is 0.401 e. The van der Waals surface area contributed by atoms with Crippen LogP contribution in [0.3, 0.4) is 0 Å². The van der Waals surface area contributed by atoms with E-state index in [4.69, 9.17) is 5.73 Å². The van der Waals surface area contributed by atoms with E-state index in [1.165, 1.54) is 4.90 Å². The molecule has 1 atom stereocenters. The number of amides is 1. The van der Waals surface area contributed by atoms with E-state index in [1.54, 1.807) is 13.8 Å². The van der Waals surface area contributed by atoms with E-state index in [0.29, 0.717) is 13.0 Å². The summed E-state index contributed by atoms with van der Waals surface area (Å²) < 4.78 is 36.9. The van der Waals surface area contributed by atoms with Gasteiger partial charge in [0.1, 0.15) is 0 Å². The molecule has 3 N–H and O–H groups in total. The molecular weight excluding hydrogens is 235 g/mol. The van der Waals surface area contributed by atoms with Gasteiger partial charge in [0.2, 0.25) is 5.91 Å². The number of hydrogen-bond acceptors (Lipinski definition) is 3. The highest BCUT2D eigenvalue weighted by Gasteiger charge is 2.31. The van der Waals surface area contributed by atoms with Gasteiger partial charge < -0.3 is 11.1 Å². The first kappa shape index (κ1) is 16.2. The molecule has 0 radical (unpaired) electrons. The van der Waals surface area contributed by atoms with Gasteiger partial charge in [-0.1, -0.05) is 13.8 Å². The molecule has 0 heterocycles. The van der Waals surface area contributed by atoms with Gasteiger partial charge in [0.05, 0.1) is 12.6 Å². The van der Waals surface area contributed by atoms with Crippen LogP contribution in [0.2, 0.25) is 0 Å². The number of carbonyl (C=O) groups excluding carboxylic acids is 1. The Bertz CT molecular complexity index is 233. The summed E-state index contributed by atoms with van der Waals surface area (Å²) in [5, 5.41) is 2.77. The summed E-state index contributed by atoms with van der Waals surface area (Å²) in [4.78, 5) is 12.2. The predicted octanol–water partition coefficient (Wildman–Crippen LogP) is 0.724. The van der Waals surface area contributed by atoms with Gasteiger partial charge in [-0.05, 0) is 19.5 Å². The Morgan fingerprint density at radius 2 is 2.00 bits per heavy atom. The molecule has 0 bridgehead atoms. The van der Waals surface area contributed by atoms with Crippen LogP contribution in [0.1, 0.15) is 20.3 Å². The average molecular weight is 255 g/mol. The number of nitrogens with zero attached hydrogens (tertiary/aromatic N) is 1. The maximum atomic E-state index is 12.3. The van der Waals surface area contributed by atoms with Crippen LogP contribution in [0.5, 0.6) is 0 Å². The van der Waals surface area contributed by atoms with Crippen LogP contribution in [0.25, 0.3) is 0 Å². The minimum Gasteiger partial charge on any atom is -0.368 e. The van der Waals surface area contributed by atoms with Crippen molar-refractivity contribution in [3.63, 3.8) is 0 Å². The number of rotatable bonds is 8. The second kappa shape index (κ2) is 7.50. The maximum Gasteiger partial charge on any atom is 0.401 e. The van der Waals surface area contributed by atoms with E-state index in [9.17, 15) is 18.0 Å². The second-order valence-corrected chi connectivity index (χ2v) is 3.86. The number of hydrogen-bond donors (Lipinski definition) is 2. The molecule has 4 nitrogen and oxygen atoms in total. The molecule has 0 fully saturated rings. The van der Waals surface area contributed by atoms with Crippen molar-refractivity contribution >= 4 is 5.91 Å². The lowest BCUT2D eigenvalue weighted by atomic mass is 10.2.